The molecule has 2 heterocycles. The van der Waals surface area contributed by atoms with Gasteiger partial charge in [-0.3, -0.25) is 0 Å². The predicted octanol–water partition coefficient (Wildman–Crippen LogP) is 5.96. The zero-order valence-electron chi connectivity index (χ0n) is 15.6. The molecule has 0 radical (unpaired) electrons. The molecule has 1 aromatic carbocycles. The number of nitrogens with one attached hydrogen (secondary N) is 1. The first-order valence-electron chi connectivity index (χ1n) is 9.70. The van der Waals surface area contributed by atoms with Crippen LogP contribution in [0.1, 0.15) is 69.7 Å². The number of aromatic amines is 1. The van der Waals surface area contributed by atoms with Crippen LogP contribution >= 0.6 is 0 Å². The van der Waals surface area contributed by atoms with E-state index in [0.717, 1.165) is 28.1 Å². The van der Waals surface area contributed by atoms with E-state index in [2.05, 4.69) is 22.1 Å². The van der Waals surface area contributed by atoms with Crippen molar-refractivity contribution in [1.82, 2.24) is 15.0 Å². The minimum absolute atomic E-state index is 0.542. The van der Waals surface area contributed by atoms with E-state index >= 15 is 0 Å². The zero-order valence-corrected chi connectivity index (χ0v) is 15.6. The number of rotatable bonds is 2. The fourth-order valence-electron chi connectivity index (χ4n) is 3.56. The van der Waals surface area contributed by atoms with Crippen LogP contribution in [-0.4, -0.2) is 15.0 Å². The van der Waals surface area contributed by atoms with Gasteiger partial charge in [-0.25, -0.2) is 9.97 Å². The number of hydrogen-bond donors (Lipinski definition) is 1. The number of benzene rings is 1. The maximum atomic E-state index is 8.91. The van der Waals surface area contributed by atoms with Gasteiger partial charge in [-0.05, 0) is 36.6 Å². The molecule has 3 aromatic rings. The van der Waals surface area contributed by atoms with Crippen LogP contribution in [-0.2, 0) is 0 Å². The van der Waals surface area contributed by atoms with Gasteiger partial charge in [-0.1, -0.05) is 51.7 Å². The van der Waals surface area contributed by atoms with E-state index in [4.69, 9.17) is 10.2 Å². The molecule has 0 atom stereocenters. The second kappa shape index (κ2) is 8.62. The van der Waals surface area contributed by atoms with Gasteiger partial charge in [0.1, 0.15) is 5.82 Å². The molecule has 134 valence electrons. The molecule has 1 N–H and O–H groups in total. The van der Waals surface area contributed by atoms with Crippen LogP contribution in [0.3, 0.4) is 0 Å². The summed E-state index contributed by atoms with van der Waals surface area (Å²) in [5.74, 6) is 1.64. The molecule has 0 spiro atoms. The first-order chi connectivity index (χ1) is 12.8. The van der Waals surface area contributed by atoms with E-state index in [1.54, 1.807) is 0 Å². The SMILES string of the molecule is CC.N#Cc1ccc(-c2cnc3nc(C4CCCCCC4)[nH]c3c2)cc1. The van der Waals surface area contributed by atoms with Crippen LogP contribution in [0, 0.1) is 11.3 Å². The van der Waals surface area contributed by atoms with Crippen molar-refractivity contribution in [2.24, 2.45) is 0 Å². The summed E-state index contributed by atoms with van der Waals surface area (Å²) in [7, 11) is 0. The summed E-state index contributed by atoms with van der Waals surface area (Å²) in [5, 5.41) is 8.91. The average molecular weight is 346 g/mol. The summed E-state index contributed by atoms with van der Waals surface area (Å²) >= 11 is 0. The Labute approximate surface area is 155 Å². The summed E-state index contributed by atoms with van der Waals surface area (Å²) in [4.78, 5) is 12.8. The second-order valence-corrected chi connectivity index (χ2v) is 6.59. The highest BCUT2D eigenvalue weighted by Gasteiger charge is 2.18. The summed E-state index contributed by atoms with van der Waals surface area (Å²) in [6.45, 7) is 4.00. The Bertz CT molecular complexity index is 879. The highest BCUT2D eigenvalue weighted by molar-refractivity contribution is 5.78. The van der Waals surface area contributed by atoms with Crippen molar-refractivity contribution in [3.63, 3.8) is 0 Å². The third kappa shape index (κ3) is 3.94. The Morgan fingerprint density at radius 2 is 1.69 bits per heavy atom. The van der Waals surface area contributed by atoms with E-state index in [1.165, 1.54) is 38.5 Å². The van der Waals surface area contributed by atoms with Crippen molar-refractivity contribution in [2.75, 3.05) is 0 Å². The van der Waals surface area contributed by atoms with Gasteiger partial charge in [-0.15, -0.1) is 0 Å². The fraction of sp³-hybridized carbons (Fsp3) is 0.409. The smallest absolute Gasteiger partial charge is 0.177 e. The summed E-state index contributed by atoms with van der Waals surface area (Å²) in [6, 6.07) is 11.9. The van der Waals surface area contributed by atoms with Gasteiger partial charge in [0, 0.05) is 17.7 Å². The lowest BCUT2D eigenvalue weighted by atomic mass is 10.00. The molecule has 0 bridgehead atoms. The number of pyridine rings is 1. The van der Waals surface area contributed by atoms with Gasteiger partial charge in [0.05, 0.1) is 17.1 Å². The standard InChI is InChI=1S/C20H20N4.C2H6/c21-12-14-7-9-15(10-8-14)17-11-18-20(22-13-17)24-19(23-18)16-5-3-1-2-4-6-16;1-2/h7-11,13,16H,1-6H2,(H,22,23,24);1-2H3. The molecular formula is C22H26N4. The topological polar surface area (TPSA) is 65.4 Å². The fourth-order valence-corrected chi connectivity index (χ4v) is 3.56. The van der Waals surface area contributed by atoms with E-state index in [1.807, 2.05) is 44.3 Å². The van der Waals surface area contributed by atoms with Crippen LogP contribution in [0.2, 0.25) is 0 Å². The normalized spacial score (nSPS) is 15.0. The maximum absolute atomic E-state index is 8.91. The number of fused-ring (bicyclic) bond motifs is 1. The van der Waals surface area contributed by atoms with E-state index in [9.17, 15) is 0 Å². The molecule has 0 unspecified atom stereocenters. The number of nitriles is 1. The number of hydrogen-bond acceptors (Lipinski definition) is 3. The minimum atomic E-state index is 0.542. The quantitative estimate of drug-likeness (QED) is 0.582. The number of aromatic nitrogens is 3. The molecular weight excluding hydrogens is 320 g/mol. The molecule has 26 heavy (non-hydrogen) atoms. The van der Waals surface area contributed by atoms with Gasteiger partial charge in [0.15, 0.2) is 5.65 Å². The molecule has 1 aliphatic rings. The lowest BCUT2D eigenvalue weighted by Crippen LogP contribution is -1.99. The van der Waals surface area contributed by atoms with Crippen LogP contribution in [0.4, 0.5) is 0 Å². The molecule has 1 saturated carbocycles. The molecule has 2 aromatic heterocycles. The Morgan fingerprint density at radius 1 is 1.00 bits per heavy atom. The predicted molar refractivity (Wildman–Crippen MR) is 106 cm³/mol. The Morgan fingerprint density at radius 3 is 2.35 bits per heavy atom. The van der Waals surface area contributed by atoms with Crippen molar-refractivity contribution in [2.45, 2.75) is 58.3 Å². The first-order valence-corrected chi connectivity index (χ1v) is 9.70. The summed E-state index contributed by atoms with van der Waals surface area (Å²) in [5.41, 5.74) is 4.57. The molecule has 4 rings (SSSR count). The lowest BCUT2D eigenvalue weighted by molar-refractivity contribution is 0.567. The van der Waals surface area contributed by atoms with Crippen molar-refractivity contribution in [3.8, 4) is 17.2 Å². The van der Waals surface area contributed by atoms with E-state index in [-0.39, 0.29) is 0 Å². The monoisotopic (exact) mass is 346 g/mol. The molecule has 1 fully saturated rings. The highest BCUT2D eigenvalue weighted by atomic mass is 15.0. The van der Waals surface area contributed by atoms with Crippen LogP contribution in [0.5, 0.6) is 0 Å². The Balaban J connectivity index is 0.000000948. The van der Waals surface area contributed by atoms with Crippen molar-refractivity contribution < 1.29 is 0 Å². The van der Waals surface area contributed by atoms with Crippen molar-refractivity contribution >= 4 is 11.2 Å². The van der Waals surface area contributed by atoms with Gasteiger partial charge in [0.25, 0.3) is 0 Å². The second-order valence-electron chi connectivity index (χ2n) is 6.59. The van der Waals surface area contributed by atoms with Crippen molar-refractivity contribution in [3.05, 3.63) is 47.9 Å². The summed E-state index contributed by atoms with van der Waals surface area (Å²) in [6.07, 6.45) is 9.60. The van der Waals surface area contributed by atoms with Gasteiger partial charge < -0.3 is 4.98 Å². The molecule has 4 heteroatoms. The largest absolute Gasteiger partial charge is 0.340 e. The van der Waals surface area contributed by atoms with E-state index < -0.39 is 0 Å². The molecule has 4 nitrogen and oxygen atoms in total. The number of imidazole rings is 1. The van der Waals surface area contributed by atoms with Crippen LogP contribution < -0.4 is 0 Å². The molecule has 0 saturated heterocycles. The molecule has 1 aliphatic carbocycles. The average Bonchev–Trinajstić information content (AvgIpc) is 2.94. The van der Waals surface area contributed by atoms with Gasteiger partial charge in [0.2, 0.25) is 0 Å². The number of H-pyrrole nitrogens is 1. The molecule has 0 amide bonds. The Kier molecular flexibility index (Phi) is 6.01. The zero-order chi connectivity index (χ0) is 18.4. The van der Waals surface area contributed by atoms with Crippen LogP contribution in [0.25, 0.3) is 22.3 Å². The van der Waals surface area contributed by atoms with Crippen molar-refractivity contribution in [1.29, 1.82) is 5.26 Å². The third-order valence-corrected chi connectivity index (χ3v) is 4.94. The third-order valence-electron chi connectivity index (χ3n) is 4.94. The summed E-state index contributed by atoms with van der Waals surface area (Å²) < 4.78 is 0. The number of nitrogens with zero attached hydrogens (tertiary/aromatic N) is 3. The van der Waals surface area contributed by atoms with Crippen LogP contribution in [0.15, 0.2) is 36.5 Å². The molecule has 0 aliphatic heterocycles. The lowest BCUT2D eigenvalue weighted by Gasteiger charge is -2.09. The Hall–Kier alpha value is -2.67. The van der Waals surface area contributed by atoms with Gasteiger partial charge >= 0.3 is 0 Å². The highest BCUT2D eigenvalue weighted by Crippen LogP contribution is 2.31. The van der Waals surface area contributed by atoms with E-state index in [0.29, 0.717) is 11.5 Å². The maximum Gasteiger partial charge on any atom is 0.177 e. The van der Waals surface area contributed by atoms with Gasteiger partial charge in [-0.2, -0.15) is 5.26 Å². The minimum Gasteiger partial charge on any atom is -0.340 e. The first kappa shape index (κ1) is 18.1.